The average Bonchev–Trinajstić information content (AvgIpc) is 3.66. The molecule has 0 aliphatic carbocycles. The summed E-state index contributed by atoms with van der Waals surface area (Å²) >= 11 is 0. The Kier molecular flexibility index (Phi) is 8.07. The van der Waals surface area contributed by atoms with Crippen molar-refractivity contribution in [3.63, 3.8) is 0 Å². The third kappa shape index (κ3) is 5.56. The predicted molar refractivity (Wildman–Crippen MR) is 230 cm³/mol. The fourth-order valence-corrected chi connectivity index (χ4v) is 8.11. The van der Waals surface area contributed by atoms with Gasteiger partial charge in [0.15, 0.2) is 17.5 Å². The average molecular weight is 721 g/mol. The number of pyridine rings is 1. The largest absolute Gasteiger partial charge is 0.456 e. The van der Waals surface area contributed by atoms with Crippen LogP contribution in [0.15, 0.2) is 168 Å². The van der Waals surface area contributed by atoms with Gasteiger partial charge in [0.25, 0.3) is 0 Å². The maximum Gasteiger partial charge on any atom is 0.164 e. The first kappa shape index (κ1) is 33.3. The first-order valence-electron chi connectivity index (χ1n) is 18.9. The molecule has 7 aromatic carbocycles. The van der Waals surface area contributed by atoms with E-state index in [1.807, 2.05) is 67.7 Å². The van der Waals surface area contributed by atoms with E-state index in [1.54, 1.807) is 0 Å². The summed E-state index contributed by atoms with van der Waals surface area (Å²) in [6, 6.07) is 54.8. The zero-order chi connectivity index (χ0) is 37.8. The number of furan rings is 1. The van der Waals surface area contributed by atoms with Crippen LogP contribution < -0.4 is 10.6 Å². The standard InChI is InChI=1S/C51H36N4O/c1-31(2)44-41-22-11-12-25-43(41)56-48(44)32(3)49-53-50(35-16-5-4-6-17-35)55-51(54-49)36-28-26-34(27-29-36)45-39-20-9-10-21-40(39)46(47-42(45)24-14-30-52-47)38-23-13-18-33-15-7-8-19-37(33)38/h4-30H,1-3H3/b48-32-. The molecule has 0 fully saturated rings. The van der Waals surface area contributed by atoms with Crippen molar-refractivity contribution in [1.29, 1.82) is 0 Å². The zero-order valence-corrected chi connectivity index (χ0v) is 31.3. The molecule has 3 heterocycles. The molecule has 0 radical (unpaired) electrons. The fourth-order valence-electron chi connectivity index (χ4n) is 8.11. The Morgan fingerprint density at radius 3 is 1.80 bits per heavy atom. The van der Waals surface area contributed by atoms with E-state index in [-0.39, 0.29) is 0 Å². The number of benzene rings is 7. The molecular weight excluding hydrogens is 685 g/mol. The number of para-hydroxylation sites is 1. The minimum Gasteiger partial charge on any atom is -0.456 e. The number of aromatic nitrogens is 4. The smallest absolute Gasteiger partial charge is 0.164 e. The van der Waals surface area contributed by atoms with Gasteiger partial charge in [-0.15, -0.1) is 0 Å². The highest BCUT2D eigenvalue weighted by Crippen LogP contribution is 2.44. The summed E-state index contributed by atoms with van der Waals surface area (Å²) in [4.78, 5) is 20.2. The first-order chi connectivity index (χ1) is 27.5. The molecule has 5 nitrogen and oxygen atoms in total. The van der Waals surface area contributed by atoms with Crippen LogP contribution in [0.25, 0.3) is 99.6 Å². The number of hydrogen-bond acceptors (Lipinski definition) is 5. The van der Waals surface area contributed by atoms with E-state index in [4.69, 9.17) is 24.4 Å². The quantitative estimate of drug-likeness (QED) is 0.166. The fraction of sp³-hybridized carbons (Fsp3) is 0.0588. The van der Waals surface area contributed by atoms with Crippen LogP contribution in [0.2, 0.25) is 0 Å². The van der Waals surface area contributed by atoms with E-state index in [9.17, 15) is 0 Å². The molecule has 0 saturated heterocycles. The first-order valence-corrected chi connectivity index (χ1v) is 18.9. The zero-order valence-electron chi connectivity index (χ0n) is 31.3. The molecule has 0 bridgehead atoms. The van der Waals surface area contributed by atoms with Gasteiger partial charge in [-0.1, -0.05) is 151 Å². The lowest BCUT2D eigenvalue weighted by atomic mass is 9.86. The number of hydrogen-bond donors (Lipinski definition) is 0. The number of rotatable bonds is 5. The lowest BCUT2D eigenvalue weighted by Crippen LogP contribution is -2.25. The van der Waals surface area contributed by atoms with Crippen LogP contribution in [0.4, 0.5) is 0 Å². The van der Waals surface area contributed by atoms with Crippen molar-refractivity contribution >= 4 is 54.6 Å². The minimum absolute atomic E-state index is 0.576. The Labute approximate surface area is 324 Å². The van der Waals surface area contributed by atoms with Gasteiger partial charge in [0.05, 0.1) is 5.52 Å². The van der Waals surface area contributed by atoms with Crippen molar-refractivity contribution in [3.8, 4) is 45.0 Å². The summed E-state index contributed by atoms with van der Waals surface area (Å²) in [5.41, 5.74) is 11.0. The van der Waals surface area contributed by atoms with E-state index in [0.29, 0.717) is 17.5 Å². The maximum atomic E-state index is 6.50. The van der Waals surface area contributed by atoms with Crippen molar-refractivity contribution < 1.29 is 4.42 Å². The maximum absolute atomic E-state index is 6.50. The van der Waals surface area contributed by atoms with Gasteiger partial charge in [0.2, 0.25) is 0 Å². The van der Waals surface area contributed by atoms with Crippen LogP contribution in [0.3, 0.4) is 0 Å². The topological polar surface area (TPSA) is 64.7 Å². The number of fused-ring (bicyclic) bond motifs is 4. The monoisotopic (exact) mass is 720 g/mol. The highest BCUT2D eigenvalue weighted by atomic mass is 16.3. The lowest BCUT2D eigenvalue weighted by molar-refractivity contribution is 0.571. The van der Waals surface area contributed by atoms with Crippen molar-refractivity contribution in [2.24, 2.45) is 0 Å². The molecule has 266 valence electrons. The summed E-state index contributed by atoms with van der Waals surface area (Å²) in [6.07, 6.45) is 1.90. The summed E-state index contributed by atoms with van der Waals surface area (Å²) in [5.74, 6) is 1.78. The van der Waals surface area contributed by atoms with Gasteiger partial charge in [-0.2, -0.15) is 0 Å². The van der Waals surface area contributed by atoms with Crippen molar-refractivity contribution in [2.45, 2.75) is 20.8 Å². The minimum atomic E-state index is 0.576. The van der Waals surface area contributed by atoms with Crippen LogP contribution in [-0.2, 0) is 0 Å². The van der Waals surface area contributed by atoms with Crippen LogP contribution >= 0.6 is 0 Å². The van der Waals surface area contributed by atoms with E-state index >= 15 is 0 Å². The summed E-state index contributed by atoms with van der Waals surface area (Å²) in [7, 11) is 0. The third-order valence-corrected chi connectivity index (χ3v) is 10.7. The number of nitrogens with zero attached hydrogens (tertiary/aromatic N) is 4. The molecule has 0 amide bonds. The summed E-state index contributed by atoms with van der Waals surface area (Å²) in [5, 5.41) is 8.01. The van der Waals surface area contributed by atoms with Crippen LogP contribution in [0.5, 0.6) is 0 Å². The Morgan fingerprint density at radius 1 is 0.464 bits per heavy atom. The summed E-state index contributed by atoms with van der Waals surface area (Å²) < 4.78 is 6.50. The SMILES string of the molecule is CC(C)=c1/c(=C(\C)c2nc(-c3ccccc3)nc(-c3ccc(-c4c5ccccc5c(-c5cccc6ccccc56)c5ncccc45)cc3)n2)oc2ccccc12. The highest BCUT2D eigenvalue weighted by molar-refractivity contribution is 6.22. The van der Waals surface area contributed by atoms with Gasteiger partial charge in [-0.05, 0) is 71.1 Å². The molecular formula is C51H36N4O. The van der Waals surface area contributed by atoms with E-state index in [2.05, 4.69) is 117 Å². The van der Waals surface area contributed by atoms with Crippen molar-refractivity contribution in [1.82, 2.24) is 19.9 Å². The Hall–Kier alpha value is -7.24. The second kappa shape index (κ2) is 13.6. The van der Waals surface area contributed by atoms with Crippen molar-refractivity contribution in [3.05, 3.63) is 180 Å². The normalized spacial score (nSPS) is 12.1. The van der Waals surface area contributed by atoms with E-state index in [0.717, 1.165) is 71.5 Å². The molecule has 10 rings (SSSR count). The van der Waals surface area contributed by atoms with Gasteiger partial charge < -0.3 is 4.42 Å². The molecule has 0 N–H and O–H groups in total. The Bertz CT molecular complexity index is 3210. The van der Waals surface area contributed by atoms with Gasteiger partial charge >= 0.3 is 0 Å². The van der Waals surface area contributed by atoms with Gasteiger partial charge in [-0.25, -0.2) is 15.0 Å². The summed E-state index contributed by atoms with van der Waals surface area (Å²) in [6.45, 7) is 6.26. The van der Waals surface area contributed by atoms with Crippen LogP contribution in [-0.4, -0.2) is 19.9 Å². The molecule has 0 saturated carbocycles. The second-order valence-electron chi connectivity index (χ2n) is 14.4. The lowest BCUT2D eigenvalue weighted by Gasteiger charge is -2.18. The molecule has 10 aromatic rings. The molecule has 3 aromatic heterocycles. The second-order valence-corrected chi connectivity index (χ2v) is 14.4. The van der Waals surface area contributed by atoms with Crippen LogP contribution in [0, 0.1) is 0 Å². The molecule has 0 spiro atoms. The molecule has 56 heavy (non-hydrogen) atoms. The molecule has 0 unspecified atom stereocenters. The highest BCUT2D eigenvalue weighted by Gasteiger charge is 2.20. The molecule has 5 heteroatoms. The molecule has 0 atom stereocenters. The Morgan fingerprint density at radius 2 is 1.05 bits per heavy atom. The predicted octanol–water partition coefficient (Wildman–Crippen LogP) is 11.5. The molecule has 0 aliphatic heterocycles. The van der Waals surface area contributed by atoms with E-state index < -0.39 is 0 Å². The van der Waals surface area contributed by atoms with Crippen molar-refractivity contribution in [2.75, 3.05) is 0 Å². The van der Waals surface area contributed by atoms with Gasteiger partial charge in [0.1, 0.15) is 11.0 Å². The third-order valence-electron chi connectivity index (χ3n) is 10.7. The van der Waals surface area contributed by atoms with Crippen LogP contribution in [0.1, 0.15) is 26.6 Å². The van der Waals surface area contributed by atoms with E-state index in [1.165, 1.54) is 27.1 Å². The Balaban J connectivity index is 1.16. The van der Waals surface area contributed by atoms with Gasteiger partial charge in [0, 0.05) is 44.5 Å². The molecule has 0 aliphatic rings. The van der Waals surface area contributed by atoms with Gasteiger partial charge in [-0.3, -0.25) is 4.98 Å².